The zero-order chi connectivity index (χ0) is 18.9. The van der Waals surface area contributed by atoms with Crippen molar-refractivity contribution >= 4 is 41.3 Å². The average Bonchev–Trinajstić information content (AvgIpc) is 3.11. The van der Waals surface area contributed by atoms with Gasteiger partial charge in [-0.2, -0.15) is 0 Å². The van der Waals surface area contributed by atoms with Crippen LogP contribution in [-0.4, -0.2) is 60.0 Å². The Morgan fingerprint density at radius 1 is 1.18 bits per heavy atom. The van der Waals surface area contributed by atoms with Crippen LogP contribution in [0.5, 0.6) is 0 Å². The number of hydrogen-bond donors (Lipinski definition) is 1. The van der Waals surface area contributed by atoms with Gasteiger partial charge in [0.05, 0.1) is 5.01 Å². The van der Waals surface area contributed by atoms with E-state index < -0.39 is 0 Å². The fourth-order valence-corrected chi connectivity index (χ4v) is 4.14. The summed E-state index contributed by atoms with van der Waals surface area (Å²) in [5.74, 6) is 1.06. The van der Waals surface area contributed by atoms with Crippen LogP contribution in [0.2, 0.25) is 0 Å². The highest BCUT2D eigenvalue weighted by Gasteiger charge is 2.19. The predicted molar refractivity (Wildman–Crippen MR) is 130 cm³/mol. The molecule has 0 saturated carbocycles. The van der Waals surface area contributed by atoms with Gasteiger partial charge in [0.15, 0.2) is 5.96 Å². The second-order valence-corrected chi connectivity index (χ2v) is 7.91. The molecule has 1 saturated heterocycles. The molecule has 0 atom stereocenters. The third kappa shape index (κ3) is 7.33. The first-order chi connectivity index (χ1) is 13.2. The molecule has 1 aliphatic rings. The van der Waals surface area contributed by atoms with Crippen molar-refractivity contribution in [3.8, 4) is 0 Å². The second-order valence-electron chi connectivity index (χ2n) is 6.97. The van der Waals surface area contributed by atoms with E-state index in [9.17, 15) is 0 Å². The summed E-state index contributed by atoms with van der Waals surface area (Å²) in [6.45, 7) is 11.2. The van der Waals surface area contributed by atoms with Crippen molar-refractivity contribution in [2.45, 2.75) is 33.2 Å². The number of aromatic nitrogens is 1. The molecule has 5 nitrogen and oxygen atoms in total. The van der Waals surface area contributed by atoms with Crippen LogP contribution in [-0.2, 0) is 13.0 Å². The number of nitrogens with zero attached hydrogens (tertiary/aromatic N) is 4. The van der Waals surface area contributed by atoms with E-state index in [1.807, 2.05) is 0 Å². The molecule has 1 N–H and O–H groups in total. The minimum atomic E-state index is 0. The average molecular weight is 513 g/mol. The quantitative estimate of drug-likeness (QED) is 0.265. The number of benzene rings is 1. The molecule has 2 heterocycles. The lowest BCUT2D eigenvalue weighted by Gasteiger charge is -2.36. The molecule has 0 amide bonds. The van der Waals surface area contributed by atoms with Crippen molar-refractivity contribution in [2.24, 2.45) is 4.99 Å². The normalized spacial score (nSPS) is 15.4. The van der Waals surface area contributed by atoms with E-state index in [1.54, 1.807) is 11.3 Å². The van der Waals surface area contributed by atoms with Gasteiger partial charge in [-0.3, -0.25) is 9.89 Å². The molecule has 3 rings (SSSR count). The molecule has 0 aliphatic carbocycles. The van der Waals surface area contributed by atoms with Gasteiger partial charge in [0.2, 0.25) is 0 Å². The monoisotopic (exact) mass is 513 g/mol. The highest BCUT2D eigenvalue weighted by atomic mass is 127. The van der Waals surface area contributed by atoms with E-state index >= 15 is 0 Å². The fraction of sp³-hybridized carbons (Fsp3) is 0.524. The summed E-state index contributed by atoms with van der Waals surface area (Å²) in [6, 6.07) is 10.7. The molecule has 0 unspecified atom stereocenters. The molecule has 0 spiro atoms. The number of nitrogens with one attached hydrogen (secondary N) is 1. The highest BCUT2D eigenvalue weighted by Crippen LogP contribution is 2.11. The van der Waals surface area contributed by atoms with Gasteiger partial charge in [-0.15, -0.1) is 35.3 Å². The summed E-state index contributed by atoms with van der Waals surface area (Å²) in [4.78, 5) is 14.3. The van der Waals surface area contributed by atoms with E-state index in [4.69, 9.17) is 4.99 Å². The molecule has 1 aromatic carbocycles. The molecule has 2 aromatic rings. The molecule has 0 bridgehead atoms. The molecular weight excluding hydrogens is 481 g/mol. The molecular formula is C21H32IN5S. The Labute approximate surface area is 190 Å². The number of halogens is 1. The Bertz CT molecular complexity index is 711. The number of aryl methyl sites for hydroxylation is 2. The molecule has 1 fully saturated rings. The van der Waals surface area contributed by atoms with Crippen LogP contribution >= 0.6 is 35.3 Å². The SMILES string of the molecule is CCNC(=NCCCc1nc(C)cs1)N1CCN(Cc2ccccc2)CC1.I. The zero-order valence-corrected chi connectivity index (χ0v) is 20.1. The number of aliphatic imine (C=N–C) groups is 1. The fourth-order valence-electron chi connectivity index (χ4n) is 3.32. The smallest absolute Gasteiger partial charge is 0.194 e. The van der Waals surface area contributed by atoms with Crippen LogP contribution in [0, 0.1) is 6.92 Å². The maximum Gasteiger partial charge on any atom is 0.194 e. The topological polar surface area (TPSA) is 43.8 Å². The molecule has 7 heteroatoms. The van der Waals surface area contributed by atoms with E-state index in [2.05, 4.69) is 69.7 Å². The van der Waals surface area contributed by atoms with Crippen molar-refractivity contribution in [1.82, 2.24) is 20.1 Å². The standard InChI is InChI=1S/C21H31N5S.HI/c1-3-22-21(23-11-7-10-20-24-18(2)17-27-20)26-14-12-25(13-15-26)16-19-8-5-4-6-9-19;/h4-6,8-9,17H,3,7,10-16H2,1-2H3,(H,22,23);1H. The maximum atomic E-state index is 4.86. The number of piperazine rings is 1. The van der Waals surface area contributed by atoms with E-state index in [-0.39, 0.29) is 24.0 Å². The highest BCUT2D eigenvalue weighted by molar-refractivity contribution is 14.0. The first-order valence-corrected chi connectivity index (χ1v) is 10.8. The zero-order valence-electron chi connectivity index (χ0n) is 16.9. The number of guanidine groups is 1. The van der Waals surface area contributed by atoms with Gasteiger partial charge >= 0.3 is 0 Å². The first-order valence-electron chi connectivity index (χ1n) is 9.95. The largest absolute Gasteiger partial charge is 0.357 e. The summed E-state index contributed by atoms with van der Waals surface area (Å²) in [7, 11) is 0. The van der Waals surface area contributed by atoms with Crippen molar-refractivity contribution in [1.29, 1.82) is 0 Å². The van der Waals surface area contributed by atoms with Crippen LogP contribution in [0.15, 0.2) is 40.7 Å². The second kappa shape index (κ2) is 12.4. The molecule has 1 aromatic heterocycles. The lowest BCUT2D eigenvalue weighted by molar-refractivity contribution is 0.172. The molecule has 0 radical (unpaired) electrons. The van der Waals surface area contributed by atoms with Gasteiger partial charge in [0, 0.05) is 63.3 Å². The van der Waals surface area contributed by atoms with Gasteiger partial charge < -0.3 is 10.2 Å². The first kappa shape index (κ1) is 23.1. The summed E-state index contributed by atoms with van der Waals surface area (Å²) >= 11 is 1.76. The van der Waals surface area contributed by atoms with Crippen molar-refractivity contribution < 1.29 is 0 Å². The third-order valence-electron chi connectivity index (χ3n) is 4.73. The van der Waals surface area contributed by atoms with Gasteiger partial charge in [0.25, 0.3) is 0 Å². The van der Waals surface area contributed by atoms with Crippen LogP contribution in [0.25, 0.3) is 0 Å². The molecule has 28 heavy (non-hydrogen) atoms. The summed E-state index contributed by atoms with van der Waals surface area (Å²) in [6.07, 6.45) is 2.07. The Morgan fingerprint density at radius 3 is 2.57 bits per heavy atom. The Balaban J connectivity index is 0.00000280. The summed E-state index contributed by atoms with van der Waals surface area (Å²) in [5.41, 5.74) is 2.52. The maximum absolute atomic E-state index is 4.86. The number of thiazole rings is 1. The number of hydrogen-bond acceptors (Lipinski definition) is 4. The Kier molecular flexibility index (Phi) is 10.2. The summed E-state index contributed by atoms with van der Waals surface area (Å²) < 4.78 is 0. The van der Waals surface area contributed by atoms with Crippen LogP contribution in [0.3, 0.4) is 0 Å². The Hall–Kier alpha value is -1.19. The third-order valence-corrected chi connectivity index (χ3v) is 5.76. The van der Waals surface area contributed by atoms with Crippen molar-refractivity contribution in [3.63, 3.8) is 0 Å². The minimum Gasteiger partial charge on any atom is -0.357 e. The van der Waals surface area contributed by atoms with Crippen molar-refractivity contribution in [3.05, 3.63) is 52.0 Å². The van der Waals surface area contributed by atoms with Crippen LogP contribution in [0.4, 0.5) is 0 Å². The molecule has 1 aliphatic heterocycles. The van der Waals surface area contributed by atoms with Gasteiger partial charge in [0.1, 0.15) is 0 Å². The van der Waals surface area contributed by atoms with E-state index in [0.29, 0.717) is 0 Å². The van der Waals surface area contributed by atoms with E-state index in [1.165, 1.54) is 10.6 Å². The lowest BCUT2D eigenvalue weighted by atomic mass is 10.2. The van der Waals surface area contributed by atoms with E-state index in [0.717, 1.165) is 70.3 Å². The lowest BCUT2D eigenvalue weighted by Crippen LogP contribution is -2.52. The van der Waals surface area contributed by atoms with Gasteiger partial charge in [-0.05, 0) is 25.8 Å². The van der Waals surface area contributed by atoms with Crippen LogP contribution < -0.4 is 5.32 Å². The summed E-state index contributed by atoms with van der Waals surface area (Å²) in [5, 5.41) is 6.81. The Morgan fingerprint density at radius 2 is 1.93 bits per heavy atom. The number of rotatable bonds is 7. The van der Waals surface area contributed by atoms with Crippen LogP contribution in [0.1, 0.15) is 29.6 Å². The van der Waals surface area contributed by atoms with Gasteiger partial charge in [-0.25, -0.2) is 4.98 Å². The van der Waals surface area contributed by atoms with Crippen molar-refractivity contribution in [2.75, 3.05) is 39.3 Å². The van der Waals surface area contributed by atoms with Gasteiger partial charge in [-0.1, -0.05) is 30.3 Å². The predicted octanol–water partition coefficient (Wildman–Crippen LogP) is 3.79. The minimum absolute atomic E-state index is 0. The molecule has 154 valence electrons.